The number of aromatic nitrogens is 4. The largest absolute Gasteiger partial charge is 0.497 e. The molecule has 0 fully saturated rings. The lowest BCUT2D eigenvalue weighted by atomic mass is 10.1. The van der Waals surface area contributed by atoms with Crippen LogP contribution in [0.4, 0.5) is 5.69 Å². The Hall–Kier alpha value is -3.66. The molecule has 0 spiro atoms. The van der Waals surface area contributed by atoms with Gasteiger partial charge in [-0.25, -0.2) is 0 Å². The lowest BCUT2D eigenvalue weighted by Crippen LogP contribution is -2.16. The van der Waals surface area contributed by atoms with Crippen molar-refractivity contribution in [1.29, 1.82) is 0 Å². The van der Waals surface area contributed by atoms with E-state index in [4.69, 9.17) is 14.0 Å². The maximum absolute atomic E-state index is 13.0. The molecule has 0 aliphatic rings. The van der Waals surface area contributed by atoms with Gasteiger partial charge in [0.05, 0.1) is 25.6 Å². The quantitative estimate of drug-likeness (QED) is 0.501. The fraction of sp³-hybridized carbons (Fsp3) is 0.200. The average Bonchev–Trinajstić information content (AvgIpc) is 3.47. The van der Waals surface area contributed by atoms with Gasteiger partial charge in [0, 0.05) is 12.6 Å². The number of anilines is 1. The molecule has 10 heteroatoms. The number of rotatable bonds is 6. The zero-order chi connectivity index (χ0) is 21.3. The molecule has 0 saturated heterocycles. The number of ether oxygens (including phenoxy) is 2. The summed E-state index contributed by atoms with van der Waals surface area (Å²) in [5.41, 5.74) is 2.30. The fourth-order valence-electron chi connectivity index (χ4n) is 2.97. The number of amides is 1. The van der Waals surface area contributed by atoms with Crippen molar-refractivity contribution in [3.05, 3.63) is 47.2 Å². The molecule has 0 unspecified atom stereocenters. The molecule has 4 rings (SSSR count). The molecule has 0 radical (unpaired) electrons. The monoisotopic (exact) mass is 425 g/mol. The molecule has 0 atom stereocenters. The Bertz CT molecular complexity index is 1210. The number of benzene rings is 1. The van der Waals surface area contributed by atoms with Crippen LogP contribution in [0.25, 0.3) is 22.0 Å². The van der Waals surface area contributed by atoms with Gasteiger partial charge in [0.1, 0.15) is 22.1 Å². The molecule has 3 heterocycles. The third-order valence-corrected chi connectivity index (χ3v) is 5.33. The number of nitrogens with zero attached hydrogens (tertiary/aromatic N) is 4. The number of carbonyl (C=O) groups excluding carboxylic acids is 1. The molecular formula is C20H19N5O4S. The van der Waals surface area contributed by atoms with Crippen molar-refractivity contribution >= 4 is 22.9 Å². The highest BCUT2D eigenvalue weighted by Gasteiger charge is 2.20. The minimum absolute atomic E-state index is 0.311. The molecule has 0 saturated carbocycles. The van der Waals surface area contributed by atoms with Crippen LogP contribution in [0.3, 0.4) is 0 Å². The van der Waals surface area contributed by atoms with Crippen LogP contribution in [0.2, 0.25) is 0 Å². The zero-order valence-electron chi connectivity index (χ0n) is 16.8. The molecule has 30 heavy (non-hydrogen) atoms. The van der Waals surface area contributed by atoms with E-state index in [2.05, 4.69) is 20.6 Å². The number of aryl methyl sites for hydroxylation is 2. The van der Waals surface area contributed by atoms with Gasteiger partial charge in [0.15, 0.2) is 5.82 Å². The Balaban J connectivity index is 1.64. The van der Waals surface area contributed by atoms with E-state index in [-0.39, 0.29) is 5.91 Å². The molecule has 154 valence electrons. The van der Waals surface area contributed by atoms with Crippen LogP contribution in [0.1, 0.15) is 16.3 Å². The van der Waals surface area contributed by atoms with Crippen LogP contribution < -0.4 is 14.8 Å². The van der Waals surface area contributed by atoms with E-state index in [1.54, 1.807) is 52.5 Å². The van der Waals surface area contributed by atoms with Crippen LogP contribution in [-0.2, 0) is 7.05 Å². The van der Waals surface area contributed by atoms with Crippen LogP contribution in [0.15, 0.2) is 40.2 Å². The van der Waals surface area contributed by atoms with E-state index in [0.717, 1.165) is 5.56 Å². The van der Waals surface area contributed by atoms with E-state index in [1.165, 1.54) is 16.0 Å². The van der Waals surface area contributed by atoms with Crippen molar-refractivity contribution in [1.82, 2.24) is 19.9 Å². The highest BCUT2D eigenvalue weighted by molar-refractivity contribution is 7.14. The minimum Gasteiger partial charge on any atom is -0.497 e. The van der Waals surface area contributed by atoms with Gasteiger partial charge in [-0.1, -0.05) is 5.16 Å². The lowest BCUT2D eigenvalue weighted by molar-refractivity contribution is 0.101. The summed E-state index contributed by atoms with van der Waals surface area (Å²) in [5, 5.41) is 13.0. The molecule has 4 aromatic rings. The van der Waals surface area contributed by atoms with Crippen molar-refractivity contribution in [2.45, 2.75) is 6.92 Å². The van der Waals surface area contributed by atoms with Crippen LogP contribution in [-0.4, -0.2) is 40.0 Å². The summed E-state index contributed by atoms with van der Waals surface area (Å²) in [6, 6.07) is 8.91. The molecule has 1 N–H and O–H groups in total. The second kappa shape index (κ2) is 7.99. The Morgan fingerprint density at radius 3 is 2.73 bits per heavy atom. The van der Waals surface area contributed by atoms with Gasteiger partial charge in [0.2, 0.25) is 0 Å². The molecule has 3 aromatic heterocycles. The Morgan fingerprint density at radius 1 is 1.20 bits per heavy atom. The van der Waals surface area contributed by atoms with E-state index in [1.807, 2.05) is 11.4 Å². The molecule has 0 bridgehead atoms. The first-order chi connectivity index (χ1) is 14.5. The van der Waals surface area contributed by atoms with Crippen LogP contribution >= 0.6 is 11.3 Å². The first-order valence-electron chi connectivity index (χ1n) is 8.96. The number of thiophene rings is 1. The highest BCUT2D eigenvalue weighted by atomic mass is 32.1. The minimum atomic E-state index is -0.311. The number of hydrogen-bond donors (Lipinski definition) is 1. The second-order valence-corrected chi connectivity index (χ2v) is 7.29. The van der Waals surface area contributed by atoms with Gasteiger partial charge in [-0.3, -0.25) is 9.48 Å². The van der Waals surface area contributed by atoms with Crippen molar-refractivity contribution in [3.63, 3.8) is 0 Å². The van der Waals surface area contributed by atoms with Gasteiger partial charge in [0.25, 0.3) is 11.8 Å². The lowest BCUT2D eigenvalue weighted by Gasteiger charge is -2.08. The van der Waals surface area contributed by atoms with Gasteiger partial charge in [-0.05, 0) is 42.6 Å². The molecule has 1 aromatic carbocycles. The molecule has 0 aliphatic carbocycles. The van der Waals surface area contributed by atoms with Crippen LogP contribution in [0.5, 0.6) is 11.5 Å². The summed E-state index contributed by atoms with van der Waals surface area (Å²) in [6.07, 6.45) is 0. The number of nitrogens with one attached hydrogen (secondary N) is 1. The number of methoxy groups -OCH3 is 2. The summed E-state index contributed by atoms with van der Waals surface area (Å²) in [4.78, 5) is 17.9. The Kier molecular flexibility index (Phi) is 5.23. The number of hydrogen-bond acceptors (Lipinski definition) is 8. The van der Waals surface area contributed by atoms with Gasteiger partial charge < -0.3 is 19.3 Å². The Labute approximate surface area is 176 Å². The van der Waals surface area contributed by atoms with E-state index >= 15 is 0 Å². The summed E-state index contributed by atoms with van der Waals surface area (Å²) < 4.78 is 17.5. The van der Waals surface area contributed by atoms with Gasteiger partial charge >= 0.3 is 0 Å². The maximum atomic E-state index is 13.0. The van der Waals surface area contributed by atoms with Crippen molar-refractivity contribution in [2.75, 3.05) is 19.5 Å². The predicted octanol–water partition coefficient (Wildman–Crippen LogP) is 3.78. The van der Waals surface area contributed by atoms with Crippen molar-refractivity contribution in [3.8, 4) is 33.5 Å². The zero-order valence-corrected chi connectivity index (χ0v) is 17.6. The van der Waals surface area contributed by atoms with E-state index in [9.17, 15) is 4.79 Å². The molecule has 1 amide bonds. The average molecular weight is 425 g/mol. The summed E-state index contributed by atoms with van der Waals surface area (Å²) in [7, 11) is 4.88. The smallest absolute Gasteiger partial charge is 0.273 e. The third-order valence-electron chi connectivity index (χ3n) is 4.43. The second-order valence-electron chi connectivity index (χ2n) is 6.37. The molecule has 0 aliphatic heterocycles. The van der Waals surface area contributed by atoms with Crippen LogP contribution in [0, 0.1) is 6.92 Å². The predicted molar refractivity (Wildman–Crippen MR) is 112 cm³/mol. The first-order valence-corrected chi connectivity index (χ1v) is 9.84. The topological polar surface area (TPSA) is 104 Å². The van der Waals surface area contributed by atoms with Crippen molar-refractivity contribution < 1.29 is 18.8 Å². The fourth-order valence-corrected chi connectivity index (χ4v) is 3.74. The standard InChI is InChI=1S/C20H19N5O4S/c1-11-21-20(29-24-11)18-14(7-8-30-18)22-19(26)16-10-15(23-25(16)2)13-9-12(27-3)5-6-17(13)28-4/h5-10H,1-4H3,(H,22,26). The van der Waals surface area contributed by atoms with Gasteiger partial charge in [-0.15, -0.1) is 11.3 Å². The first kappa shape index (κ1) is 19.6. The van der Waals surface area contributed by atoms with E-state index in [0.29, 0.717) is 45.2 Å². The third kappa shape index (κ3) is 3.64. The van der Waals surface area contributed by atoms with Gasteiger partial charge in [-0.2, -0.15) is 10.1 Å². The molecular weight excluding hydrogens is 406 g/mol. The summed E-state index contributed by atoms with van der Waals surface area (Å²) in [5.74, 6) is 1.88. The Morgan fingerprint density at radius 2 is 2.03 bits per heavy atom. The molecule has 9 nitrogen and oxygen atoms in total. The normalized spacial score (nSPS) is 10.8. The maximum Gasteiger partial charge on any atom is 0.273 e. The van der Waals surface area contributed by atoms with E-state index < -0.39 is 0 Å². The van der Waals surface area contributed by atoms with Crippen molar-refractivity contribution in [2.24, 2.45) is 7.05 Å². The highest BCUT2D eigenvalue weighted by Crippen LogP contribution is 2.34. The summed E-state index contributed by atoms with van der Waals surface area (Å²) >= 11 is 1.40. The SMILES string of the molecule is COc1ccc(OC)c(-c2cc(C(=O)Nc3ccsc3-c3nc(C)no3)n(C)n2)c1. The summed E-state index contributed by atoms with van der Waals surface area (Å²) in [6.45, 7) is 1.74. The number of carbonyl (C=O) groups is 1.